The second kappa shape index (κ2) is 7.21. The van der Waals surface area contributed by atoms with Crippen LogP contribution in [0.25, 0.3) is 0 Å². The number of sulfone groups is 1. The molecule has 0 aromatic heterocycles. The summed E-state index contributed by atoms with van der Waals surface area (Å²) in [5.74, 6) is -0.405. The molecule has 2 aromatic carbocycles. The summed E-state index contributed by atoms with van der Waals surface area (Å²) >= 11 is 11.9. The zero-order valence-corrected chi connectivity index (χ0v) is 14.5. The number of amides is 1. The van der Waals surface area contributed by atoms with E-state index >= 15 is 0 Å². The summed E-state index contributed by atoms with van der Waals surface area (Å²) in [6.07, 6.45) is 1.09. The van der Waals surface area contributed by atoms with Crippen LogP contribution in [0.4, 0.5) is 11.4 Å². The summed E-state index contributed by atoms with van der Waals surface area (Å²) in [5.41, 5.74) is 0.754. The van der Waals surface area contributed by atoms with Gasteiger partial charge in [-0.2, -0.15) is 0 Å². The Morgan fingerprint density at radius 2 is 1.78 bits per heavy atom. The van der Waals surface area contributed by atoms with Gasteiger partial charge in [0, 0.05) is 11.3 Å². The van der Waals surface area contributed by atoms with Gasteiger partial charge < -0.3 is 10.6 Å². The maximum absolute atomic E-state index is 12.0. The van der Waals surface area contributed by atoms with Gasteiger partial charge in [-0.05, 0) is 30.3 Å². The Morgan fingerprint density at radius 1 is 1.09 bits per heavy atom. The Balaban J connectivity index is 2.08. The number of carbonyl (C=O) groups excluding carboxylic acids is 1. The van der Waals surface area contributed by atoms with Gasteiger partial charge in [-0.15, -0.1) is 0 Å². The summed E-state index contributed by atoms with van der Waals surface area (Å²) in [4.78, 5) is 12.1. The van der Waals surface area contributed by atoms with Crippen LogP contribution in [-0.2, 0) is 14.6 Å². The molecular weight excluding hydrogens is 359 g/mol. The number of anilines is 2. The number of nitrogens with one attached hydrogen (secondary N) is 2. The Morgan fingerprint density at radius 3 is 2.48 bits per heavy atom. The molecule has 2 rings (SSSR count). The van der Waals surface area contributed by atoms with Crippen LogP contribution in [0.15, 0.2) is 47.4 Å². The molecule has 2 aromatic rings. The van der Waals surface area contributed by atoms with E-state index in [0.717, 1.165) is 6.26 Å². The van der Waals surface area contributed by atoms with Crippen LogP contribution >= 0.6 is 23.2 Å². The number of rotatable bonds is 5. The fraction of sp³-hybridized carbons (Fsp3) is 0.133. The maximum Gasteiger partial charge on any atom is 0.243 e. The van der Waals surface area contributed by atoms with E-state index in [0.29, 0.717) is 15.7 Å². The number of benzene rings is 2. The lowest BCUT2D eigenvalue weighted by Crippen LogP contribution is -2.22. The maximum atomic E-state index is 12.0. The molecule has 0 fully saturated rings. The monoisotopic (exact) mass is 372 g/mol. The van der Waals surface area contributed by atoms with Gasteiger partial charge in [-0.3, -0.25) is 4.79 Å². The van der Waals surface area contributed by atoms with E-state index in [4.69, 9.17) is 23.2 Å². The quantitative estimate of drug-likeness (QED) is 0.842. The molecule has 0 spiro atoms. The van der Waals surface area contributed by atoms with Gasteiger partial charge in [-0.1, -0.05) is 35.3 Å². The minimum absolute atomic E-state index is 0.0640. The Labute approximate surface area is 144 Å². The predicted molar refractivity (Wildman–Crippen MR) is 93.1 cm³/mol. The molecule has 2 N–H and O–H groups in total. The minimum Gasteiger partial charge on any atom is -0.375 e. The Hall–Kier alpha value is -1.76. The van der Waals surface area contributed by atoms with Crippen LogP contribution < -0.4 is 10.6 Å². The van der Waals surface area contributed by atoms with Crippen LogP contribution in [0.1, 0.15) is 0 Å². The number of hydrogen-bond acceptors (Lipinski definition) is 4. The van der Waals surface area contributed by atoms with Gasteiger partial charge >= 0.3 is 0 Å². The summed E-state index contributed by atoms with van der Waals surface area (Å²) in [7, 11) is -3.43. The second-order valence-electron chi connectivity index (χ2n) is 4.79. The molecule has 8 heteroatoms. The number of hydrogen-bond donors (Lipinski definition) is 2. The molecule has 0 aliphatic heterocycles. The number of carbonyl (C=O) groups is 1. The molecule has 0 aliphatic carbocycles. The second-order valence-corrected chi connectivity index (χ2v) is 7.62. The van der Waals surface area contributed by atoms with Crippen molar-refractivity contribution >= 4 is 50.3 Å². The van der Waals surface area contributed by atoms with Crippen LogP contribution in [0.2, 0.25) is 10.0 Å². The van der Waals surface area contributed by atoms with Gasteiger partial charge in [0.2, 0.25) is 5.91 Å². The summed E-state index contributed by atoms with van der Waals surface area (Å²) in [6.45, 7) is -0.0852. The van der Waals surface area contributed by atoms with Crippen LogP contribution in [0.3, 0.4) is 0 Å². The lowest BCUT2D eigenvalue weighted by atomic mass is 10.3. The fourth-order valence-electron chi connectivity index (χ4n) is 1.90. The molecule has 0 unspecified atom stereocenters. The molecule has 23 heavy (non-hydrogen) atoms. The summed E-state index contributed by atoms with van der Waals surface area (Å²) < 4.78 is 23.4. The molecule has 0 heterocycles. The third-order valence-corrected chi connectivity index (χ3v) is 4.65. The zero-order chi connectivity index (χ0) is 17.0. The number of halogens is 2. The van der Waals surface area contributed by atoms with Gasteiger partial charge in [0.05, 0.1) is 27.8 Å². The van der Waals surface area contributed by atoms with E-state index in [2.05, 4.69) is 10.6 Å². The van der Waals surface area contributed by atoms with Crippen molar-refractivity contribution in [1.29, 1.82) is 0 Å². The SMILES string of the molecule is CS(=O)(=O)c1ccccc1NC(=O)CNc1cc(Cl)ccc1Cl. The highest BCUT2D eigenvalue weighted by Gasteiger charge is 2.14. The van der Waals surface area contributed by atoms with E-state index in [-0.39, 0.29) is 17.1 Å². The highest BCUT2D eigenvalue weighted by molar-refractivity contribution is 7.90. The van der Waals surface area contributed by atoms with Crippen molar-refractivity contribution in [2.45, 2.75) is 4.90 Å². The molecule has 0 atom stereocenters. The first kappa shape index (κ1) is 17.6. The van der Waals surface area contributed by atoms with Crippen LogP contribution in [0, 0.1) is 0 Å². The van der Waals surface area contributed by atoms with Crippen molar-refractivity contribution in [2.24, 2.45) is 0 Å². The molecule has 0 bridgehead atoms. The van der Waals surface area contributed by atoms with Crippen molar-refractivity contribution in [1.82, 2.24) is 0 Å². The largest absolute Gasteiger partial charge is 0.375 e. The van der Waals surface area contributed by atoms with E-state index in [1.54, 1.807) is 30.3 Å². The molecule has 122 valence electrons. The summed E-state index contributed by atoms with van der Waals surface area (Å²) in [6, 6.07) is 11.1. The van der Waals surface area contributed by atoms with Gasteiger partial charge in [0.15, 0.2) is 9.84 Å². The van der Waals surface area contributed by atoms with Gasteiger partial charge in [0.1, 0.15) is 0 Å². The third-order valence-electron chi connectivity index (χ3n) is 2.93. The summed E-state index contributed by atoms with van der Waals surface area (Å²) in [5, 5.41) is 6.33. The van der Waals surface area contributed by atoms with E-state index < -0.39 is 15.7 Å². The topological polar surface area (TPSA) is 75.3 Å². The van der Waals surface area contributed by atoms with Crippen molar-refractivity contribution < 1.29 is 13.2 Å². The van der Waals surface area contributed by atoms with Gasteiger partial charge in [0.25, 0.3) is 0 Å². The predicted octanol–water partition coefficient (Wildman–Crippen LogP) is 3.45. The zero-order valence-electron chi connectivity index (χ0n) is 12.1. The highest BCUT2D eigenvalue weighted by Crippen LogP contribution is 2.25. The Kier molecular flexibility index (Phi) is 5.51. The first-order valence-electron chi connectivity index (χ1n) is 6.55. The minimum atomic E-state index is -3.43. The first-order chi connectivity index (χ1) is 10.8. The normalized spacial score (nSPS) is 11.1. The van der Waals surface area contributed by atoms with Gasteiger partial charge in [-0.25, -0.2) is 8.42 Å². The molecular formula is C15H14Cl2N2O3S. The van der Waals surface area contributed by atoms with E-state index in [1.807, 2.05) is 0 Å². The molecule has 0 saturated heterocycles. The molecule has 0 radical (unpaired) electrons. The first-order valence-corrected chi connectivity index (χ1v) is 9.20. The lowest BCUT2D eigenvalue weighted by Gasteiger charge is -2.11. The number of para-hydroxylation sites is 1. The Bertz CT molecular complexity index is 838. The van der Waals surface area contributed by atoms with Crippen molar-refractivity contribution in [3.63, 3.8) is 0 Å². The lowest BCUT2D eigenvalue weighted by molar-refractivity contribution is -0.114. The van der Waals surface area contributed by atoms with Crippen molar-refractivity contribution in [3.05, 3.63) is 52.5 Å². The van der Waals surface area contributed by atoms with E-state index in [9.17, 15) is 13.2 Å². The van der Waals surface area contributed by atoms with Crippen molar-refractivity contribution in [3.8, 4) is 0 Å². The van der Waals surface area contributed by atoms with Crippen molar-refractivity contribution in [2.75, 3.05) is 23.4 Å². The van der Waals surface area contributed by atoms with Crippen LogP contribution in [-0.4, -0.2) is 27.1 Å². The van der Waals surface area contributed by atoms with Crippen LogP contribution in [0.5, 0.6) is 0 Å². The smallest absolute Gasteiger partial charge is 0.243 e. The third kappa shape index (κ3) is 4.86. The average molecular weight is 373 g/mol. The molecule has 0 aliphatic rings. The molecule has 1 amide bonds. The average Bonchev–Trinajstić information content (AvgIpc) is 2.47. The highest BCUT2D eigenvalue weighted by atomic mass is 35.5. The standard InChI is InChI=1S/C15H14Cl2N2O3S/c1-23(21,22)14-5-3-2-4-12(14)19-15(20)9-18-13-8-10(16)6-7-11(13)17/h2-8,18H,9H2,1H3,(H,19,20). The fourth-order valence-corrected chi connectivity index (χ4v) is 3.10. The van der Waals surface area contributed by atoms with E-state index in [1.165, 1.54) is 12.1 Å². The molecule has 5 nitrogen and oxygen atoms in total. The molecule has 0 saturated carbocycles.